The first-order valence-corrected chi connectivity index (χ1v) is 9.44. The molecule has 0 bridgehead atoms. The number of ether oxygens (including phenoxy) is 4. The summed E-state index contributed by atoms with van der Waals surface area (Å²) in [6.45, 7) is 1.35. The van der Waals surface area contributed by atoms with Crippen LogP contribution in [-0.2, 0) is 11.3 Å². The summed E-state index contributed by atoms with van der Waals surface area (Å²) in [5.74, 6) is 0.0577. The average molecular weight is 442 g/mol. The second-order valence-electron chi connectivity index (χ2n) is 6.66. The number of furan rings is 1. The predicted octanol–water partition coefficient (Wildman–Crippen LogP) is 4.31. The van der Waals surface area contributed by atoms with E-state index >= 15 is 0 Å². The Bertz CT molecular complexity index is 1270. The molecule has 0 N–H and O–H groups in total. The van der Waals surface area contributed by atoms with Crippen molar-refractivity contribution < 1.29 is 37.0 Å². The minimum atomic E-state index is -0.773. The fraction of sp³-hybridized carbons (Fsp3) is 0.227. The van der Waals surface area contributed by atoms with Gasteiger partial charge in [0.25, 0.3) is 5.89 Å². The van der Waals surface area contributed by atoms with Gasteiger partial charge < -0.3 is 27.8 Å². The zero-order valence-corrected chi connectivity index (χ0v) is 17.7. The molecule has 32 heavy (non-hydrogen) atoms. The van der Waals surface area contributed by atoms with Gasteiger partial charge >= 0.3 is 5.97 Å². The van der Waals surface area contributed by atoms with Crippen LogP contribution in [0.2, 0.25) is 0 Å². The summed E-state index contributed by atoms with van der Waals surface area (Å²) in [6.07, 6.45) is 0. The molecule has 0 spiro atoms. The predicted molar refractivity (Wildman–Crippen MR) is 109 cm³/mol. The fourth-order valence-electron chi connectivity index (χ4n) is 3.23. The van der Waals surface area contributed by atoms with Crippen molar-refractivity contribution >= 4 is 16.9 Å². The molecule has 0 fully saturated rings. The molecule has 0 amide bonds. The molecule has 0 radical (unpaired) electrons. The zero-order valence-electron chi connectivity index (χ0n) is 17.7. The summed E-state index contributed by atoms with van der Waals surface area (Å²) < 4.78 is 46.0. The standard InChI is InChI=1S/C22H19FN2O7/c1-11-13-6-5-7-14(23)19(13)32-18(11)22(26)30-10-17-24-25-21(31-17)12-8-15(27-2)20(29-4)16(9-12)28-3/h5-9H,10H2,1-4H3. The number of carbonyl (C=O) groups is 1. The van der Waals surface area contributed by atoms with E-state index in [1.165, 1.54) is 27.4 Å². The molecule has 4 rings (SSSR count). The van der Waals surface area contributed by atoms with E-state index in [4.69, 9.17) is 27.8 Å². The fourth-order valence-corrected chi connectivity index (χ4v) is 3.23. The van der Waals surface area contributed by atoms with Crippen LogP contribution >= 0.6 is 0 Å². The first kappa shape index (κ1) is 21.2. The zero-order chi connectivity index (χ0) is 22.8. The maximum Gasteiger partial charge on any atom is 0.375 e. The Balaban J connectivity index is 1.53. The van der Waals surface area contributed by atoms with Gasteiger partial charge in [0.05, 0.1) is 21.3 Å². The van der Waals surface area contributed by atoms with Crippen molar-refractivity contribution in [1.82, 2.24) is 10.2 Å². The van der Waals surface area contributed by atoms with Crippen LogP contribution in [0.5, 0.6) is 17.2 Å². The number of carbonyl (C=O) groups excluding carboxylic acids is 1. The van der Waals surface area contributed by atoms with Gasteiger partial charge in [-0.15, -0.1) is 10.2 Å². The number of esters is 1. The maximum absolute atomic E-state index is 13.9. The van der Waals surface area contributed by atoms with Crippen LogP contribution in [0.25, 0.3) is 22.4 Å². The van der Waals surface area contributed by atoms with Crippen molar-refractivity contribution in [2.75, 3.05) is 21.3 Å². The number of aromatic nitrogens is 2. The van der Waals surface area contributed by atoms with Crippen molar-refractivity contribution in [1.29, 1.82) is 0 Å². The van der Waals surface area contributed by atoms with Crippen LogP contribution in [0.3, 0.4) is 0 Å². The van der Waals surface area contributed by atoms with Crippen molar-refractivity contribution in [2.24, 2.45) is 0 Å². The molecule has 0 saturated carbocycles. The second kappa shape index (κ2) is 8.58. The van der Waals surface area contributed by atoms with Crippen LogP contribution in [0, 0.1) is 12.7 Å². The Kier molecular flexibility index (Phi) is 5.67. The van der Waals surface area contributed by atoms with E-state index in [0.29, 0.717) is 33.8 Å². The van der Waals surface area contributed by atoms with E-state index in [-0.39, 0.29) is 29.7 Å². The van der Waals surface area contributed by atoms with Gasteiger partial charge in [0.2, 0.25) is 17.4 Å². The first-order chi connectivity index (χ1) is 15.5. The lowest BCUT2D eigenvalue weighted by atomic mass is 10.1. The van der Waals surface area contributed by atoms with Crippen LogP contribution in [-0.4, -0.2) is 37.5 Å². The highest BCUT2D eigenvalue weighted by molar-refractivity contribution is 5.96. The molecule has 0 aliphatic rings. The molecule has 166 valence electrons. The lowest BCUT2D eigenvalue weighted by Gasteiger charge is -2.12. The normalized spacial score (nSPS) is 10.9. The number of benzene rings is 2. The number of para-hydroxylation sites is 1. The number of halogens is 1. The quantitative estimate of drug-likeness (QED) is 0.387. The van der Waals surface area contributed by atoms with E-state index in [9.17, 15) is 9.18 Å². The molecule has 4 aromatic rings. The lowest BCUT2D eigenvalue weighted by molar-refractivity contribution is 0.0403. The van der Waals surface area contributed by atoms with Crippen molar-refractivity contribution in [3.8, 4) is 28.7 Å². The third-order valence-corrected chi connectivity index (χ3v) is 4.81. The van der Waals surface area contributed by atoms with Gasteiger partial charge in [-0.3, -0.25) is 0 Å². The molecule has 9 nitrogen and oxygen atoms in total. The molecule has 0 saturated heterocycles. The van der Waals surface area contributed by atoms with Crippen LogP contribution < -0.4 is 14.2 Å². The number of hydrogen-bond donors (Lipinski definition) is 0. The highest BCUT2D eigenvalue weighted by Crippen LogP contribution is 2.40. The topological polar surface area (TPSA) is 106 Å². The molecule has 0 aliphatic carbocycles. The Morgan fingerprint density at radius 3 is 2.38 bits per heavy atom. The minimum Gasteiger partial charge on any atom is -0.493 e. The molecule has 0 atom stereocenters. The van der Waals surface area contributed by atoms with Crippen molar-refractivity contribution in [2.45, 2.75) is 13.5 Å². The van der Waals surface area contributed by atoms with Crippen LogP contribution in [0.1, 0.15) is 22.0 Å². The third-order valence-electron chi connectivity index (χ3n) is 4.81. The minimum absolute atomic E-state index is 0.000531. The van der Waals surface area contributed by atoms with E-state index in [1.807, 2.05) is 0 Å². The molecule has 0 unspecified atom stereocenters. The van der Waals surface area contributed by atoms with Gasteiger partial charge in [0.1, 0.15) is 0 Å². The van der Waals surface area contributed by atoms with Crippen LogP contribution in [0.4, 0.5) is 4.39 Å². The molecule has 10 heteroatoms. The number of fused-ring (bicyclic) bond motifs is 1. The summed E-state index contributed by atoms with van der Waals surface area (Å²) >= 11 is 0. The third kappa shape index (κ3) is 3.70. The summed E-state index contributed by atoms with van der Waals surface area (Å²) in [5.41, 5.74) is 1.00. The molecule has 0 aliphatic heterocycles. The van der Waals surface area contributed by atoms with Gasteiger partial charge in [-0.25, -0.2) is 9.18 Å². The monoisotopic (exact) mass is 442 g/mol. The van der Waals surface area contributed by atoms with Gasteiger partial charge in [-0.2, -0.15) is 0 Å². The van der Waals surface area contributed by atoms with E-state index in [1.54, 1.807) is 31.2 Å². The molecular formula is C22H19FN2O7. The van der Waals surface area contributed by atoms with Gasteiger partial charge in [0, 0.05) is 16.5 Å². The SMILES string of the molecule is COc1cc(-c2nnc(COC(=O)c3oc4c(F)cccc4c3C)o2)cc(OC)c1OC. The molecule has 2 heterocycles. The Morgan fingerprint density at radius 1 is 1.03 bits per heavy atom. The summed E-state index contributed by atoms with van der Waals surface area (Å²) in [4.78, 5) is 12.5. The smallest absolute Gasteiger partial charge is 0.375 e. The largest absolute Gasteiger partial charge is 0.493 e. The number of nitrogens with zero attached hydrogens (tertiary/aromatic N) is 2. The molecule has 2 aromatic carbocycles. The number of hydrogen-bond acceptors (Lipinski definition) is 9. The Morgan fingerprint density at radius 2 is 1.75 bits per heavy atom. The van der Waals surface area contributed by atoms with E-state index in [0.717, 1.165) is 0 Å². The van der Waals surface area contributed by atoms with E-state index < -0.39 is 11.8 Å². The van der Waals surface area contributed by atoms with Gasteiger partial charge in [-0.1, -0.05) is 12.1 Å². The second-order valence-corrected chi connectivity index (χ2v) is 6.66. The van der Waals surface area contributed by atoms with E-state index in [2.05, 4.69) is 10.2 Å². The maximum atomic E-state index is 13.9. The lowest BCUT2D eigenvalue weighted by Crippen LogP contribution is -2.05. The first-order valence-electron chi connectivity index (χ1n) is 9.44. The van der Waals surface area contributed by atoms with Crippen molar-refractivity contribution in [3.63, 3.8) is 0 Å². The summed E-state index contributed by atoms with van der Waals surface area (Å²) in [6, 6.07) is 7.76. The molecule has 2 aromatic heterocycles. The summed E-state index contributed by atoms with van der Waals surface area (Å²) in [5, 5.41) is 8.37. The Labute approximate surface area is 181 Å². The number of aryl methyl sites for hydroxylation is 1. The average Bonchev–Trinajstić information content (AvgIpc) is 3.42. The van der Waals surface area contributed by atoms with Gasteiger partial charge in [0.15, 0.2) is 29.5 Å². The van der Waals surface area contributed by atoms with Crippen molar-refractivity contribution in [3.05, 3.63) is 53.4 Å². The Hall–Kier alpha value is -4.08. The number of rotatable bonds is 7. The summed E-state index contributed by atoms with van der Waals surface area (Å²) in [7, 11) is 4.48. The highest BCUT2D eigenvalue weighted by atomic mass is 19.1. The van der Waals surface area contributed by atoms with Gasteiger partial charge in [-0.05, 0) is 25.1 Å². The highest BCUT2D eigenvalue weighted by Gasteiger charge is 2.22. The van der Waals surface area contributed by atoms with Crippen LogP contribution in [0.15, 0.2) is 39.2 Å². The number of methoxy groups -OCH3 is 3. The molecular weight excluding hydrogens is 423 g/mol.